The molecule has 2 heterocycles. The molecule has 33 heavy (non-hydrogen) atoms. The first-order valence-corrected chi connectivity index (χ1v) is 9.83. The average Bonchev–Trinajstić information content (AvgIpc) is 3.29. The smallest absolute Gasteiger partial charge is 0.390 e. The molecule has 2 N–H and O–H groups in total. The Morgan fingerprint density at radius 1 is 1.06 bits per heavy atom. The standard InChI is InChI=1S/C22H16F6N2O3/c23-21(24,25)12-3-1-2-10(6-12)17-18(16-8-15(31)19(17)33-16)20(32)30-14-7-13(22(26,27)28)5-4-11(14)9-29/h1-7,15-19,31H,8H2,(H,30,32). The summed E-state index contributed by atoms with van der Waals surface area (Å²) in [6.45, 7) is 0. The van der Waals surface area contributed by atoms with E-state index in [0.717, 1.165) is 18.2 Å². The van der Waals surface area contributed by atoms with Gasteiger partial charge in [0.25, 0.3) is 0 Å². The maximum absolute atomic E-state index is 13.2. The van der Waals surface area contributed by atoms with Crippen molar-refractivity contribution in [2.75, 3.05) is 5.32 Å². The molecule has 2 saturated heterocycles. The van der Waals surface area contributed by atoms with Gasteiger partial charge in [-0.25, -0.2) is 0 Å². The van der Waals surface area contributed by atoms with Gasteiger partial charge in [0, 0.05) is 12.3 Å². The third kappa shape index (κ3) is 4.28. The Balaban J connectivity index is 1.68. The number of aliphatic hydroxyl groups is 1. The molecular weight excluding hydrogens is 454 g/mol. The first-order chi connectivity index (χ1) is 15.4. The largest absolute Gasteiger partial charge is 0.416 e. The Bertz CT molecular complexity index is 1120. The minimum absolute atomic E-state index is 0.0475. The first-order valence-electron chi connectivity index (χ1n) is 9.83. The summed E-state index contributed by atoms with van der Waals surface area (Å²) in [5.41, 5.74) is -2.49. The number of halogens is 6. The highest BCUT2D eigenvalue weighted by atomic mass is 19.4. The van der Waals surface area contributed by atoms with E-state index in [1.54, 1.807) is 6.07 Å². The third-order valence-corrected chi connectivity index (χ3v) is 5.95. The zero-order valence-electron chi connectivity index (χ0n) is 16.6. The maximum atomic E-state index is 13.2. The molecule has 2 bridgehead atoms. The molecule has 5 nitrogen and oxygen atoms in total. The molecule has 0 radical (unpaired) electrons. The molecule has 1 amide bonds. The van der Waals surface area contributed by atoms with Crippen LogP contribution >= 0.6 is 0 Å². The molecule has 0 saturated carbocycles. The van der Waals surface area contributed by atoms with Gasteiger partial charge in [-0.05, 0) is 29.8 Å². The van der Waals surface area contributed by atoms with Gasteiger partial charge in [0.2, 0.25) is 5.91 Å². The number of carbonyl (C=O) groups is 1. The molecule has 0 aliphatic carbocycles. The van der Waals surface area contributed by atoms with Gasteiger partial charge in [0.1, 0.15) is 6.07 Å². The Morgan fingerprint density at radius 3 is 2.36 bits per heavy atom. The van der Waals surface area contributed by atoms with Crippen LogP contribution in [0, 0.1) is 17.2 Å². The molecule has 5 atom stereocenters. The van der Waals surface area contributed by atoms with E-state index in [4.69, 9.17) is 4.74 Å². The second-order valence-corrected chi connectivity index (χ2v) is 7.98. The number of benzene rings is 2. The lowest BCUT2D eigenvalue weighted by Gasteiger charge is -2.30. The van der Waals surface area contributed by atoms with Crippen molar-refractivity contribution in [3.63, 3.8) is 0 Å². The van der Waals surface area contributed by atoms with Crippen molar-refractivity contribution in [2.45, 2.75) is 43.0 Å². The Morgan fingerprint density at radius 2 is 1.73 bits per heavy atom. The summed E-state index contributed by atoms with van der Waals surface area (Å²) in [5.74, 6) is -2.85. The Labute approximate surface area is 183 Å². The number of amides is 1. The molecule has 0 aromatic heterocycles. The van der Waals surface area contributed by atoms with Crippen molar-refractivity contribution in [3.05, 3.63) is 64.7 Å². The minimum Gasteiger partial charge on any atom is -0.390 e. The second kappa shape index (κ2) is 8.04. The summed E-state index contributed by atoms with van der Waals surface area (Å²) in [6.07, 6.45) is -12.1. The maximum Gasteiger partial charge on any atom is 0.416 e. The van der Waals surface area contributed by atoms with Gasteiger partial charge in [0.05, 0.1) is 46.6 Å². The fraction of sp³-hybridized carbons (Fsp3) is 0.364. The van der Waals surface area contributed by atoms with Crippen LogP contribution in [-0.2, 0) is 21.9 Å². The van der Waals surface area contributed by atoms with Crippen molar-refractivity contribution in [1.29, 1.82) is 5.26 Å². The molecule has 11 heteroatoms. The number of nitrogens with zero attached hydrogens (tertiary/aromatic N) is 1. The van der Waals surface area contributed by atoms with Crippen LogP contribution in [0.2, 0.25) is 0 Å². The highest BCUT2D eigenvalue weighted by Crippen LogP contribution is 2.50. The van der Waals surface area contributed by atoms with Crippen LogP contribution in [0.5, 0.6) is 0 Å². The van der Waals surface area contributed by atoms with Crippen LogP contribution in [0.15, 0.2) is 42.5 Å². The highest BCUT2D eigenvalue weighted by Gasteiger charge is 2.57. The SMILES string of the molecule is N#Cc1ccc(C(F)(F)F)cc1NC(=O)C1C2CC(O)C(O2)C1c1cccc(C(F)(F)F)c1. The predicted octanol–water partition coefficient (Wildman–Crippen LogP) is 4.47. The molecule has 2 aromatic rings. The highest BCUT2D eigenvalue weighted by molar-refractivity contribution is 5.95. The lowest BCUT2D eigenvalue weighted by atomic mass is 9.73. The Hall–Kier alpha value is -3.10. The summed E-state index contributed by atoms with van der Waals surface area (Å²) < 4.78 is 84.5. The van der Waals surface area contributed by atoms with E-state index in [0.29, 0.717) is 12.1 Å². The molecule has 2 aromatic carbocycles. The van der Waals surface area contributed by atoms with Crippen molar-refractivity contribution in [3.8, 4) is 6.07 Å². The number of hydrogen-bond donors (Lipinski definition) is 2. The second-order valence-electron chi connectivity index (χ2n) is 7.98. The molecule has 2 aliphatic heterocycles. The van der Waals surface area contributed by atoms with Gasteiger partial charge >= 0.3 is 12.4 Å². The summed E-state index contributed by atoms with van der Waals surface area (Å²) in [4.78, 5) is 13.1. The van der Waals surface area contributed by atoms with Crippen LogP contribution in [0.25, 0.3) is 0 Å². The fourth-order valence-corrected chi connectivity index (χ4v) is 4.50. The number of hydrogen-bond acceptors (Lipinski definition) is 4. The van der Waals surface area contributed by atoms with Gasteiger partial charge in [-0.2, -0.15) is 31.6 Å². The minimum atomic E-state index is -4.71. The van der Waals surface area contributed by atoms with Crippen LogP contribution in [0.1, 0.15) is 34.6 Å². The molecule has 2 aliphatic rings. The molecule has 0 spiro atoms. The van der Waals surface area contributed by atoms with Crippen LogP contribution < -0.4 is 5.32 Å². The van der Waals surface area contributed by atoms with Gasteiger partial charge in [-0.15, -0.1) is 0 Å². The Kier molecular flexibility index (Phi) is 5.62. The van der Waals surface area contributed by atoms with Gasteiger partial charge in [-0.3, -0.25) is 4.79 Å². The number of fused-ring (bicyclic) bond motifs is 2. The van der Waals surface area contributed by atoms with Crippen LogP contribution in [0.3, 0.4) is 0 Å². The number of nitriles is 1. The monoisotopic (exact) mass is 470 g/mol. The van der Waals surface area contributed by atoms with Crippen molar-refractivity contribution in [1.82, 2.24) is 0 Å². The van der Waals surface area contributed by atoms with E-state index in [2.05, 4.69) is 5.32 Å². The van der Waals surface area contributed by atoms with Crippen molar-refractivity contribution >= 4 is 11.6 Å². The molecular formula is C22H16F6N2O3. The van der Waals surface area contributed by atoms with Crippen molar-refractivity contribution in [2.24, 2.45) is 5.92 Å². The third-order valence-electron chi connectivity index (χ3n) is 5.95. The van der Waals surface area contributed by atoms with Crippen LogP contribution in [-0.4, -0.2) is 29.3 Å². The zero-order valence-corrected chi connectivity index (χ0v) is 16.6. The van der Waals surface area contributed by atoms with Crippen LogP contribution in [0.4, 0.5) is 32.0 Å². The van der Waals surface area contributed by atoms with E-state index >= 15 is 0 Å². The topological polar surface area (TPSA) is 82.4 Å². The van der Waals surface area contributed by atoms with E-state index in [-0.39, 0.29) is 23.2 Å². The first kappa shape index (κ1) is 23.1. The van der Waals surface area contributed by atoms with E-state index < -0.39 is 59.5 Å². The zero-order chi connectivity index (χ0) is 24.1. The number of ether oxygens (including phenoxy) is 1. The molecule has 5 unspecified atom stereocenters. The normalized spacial score (nSPS) is 26.8. The number of aliphatic hydroxyl groups excluding tert-OH is 1. The quantitative estimate of drug-likeness (QED) is 0.649. The lowest BCUT2D eigenvalue weighted by molar-refractivity contribution is -0.138. The molecule has 2 fully saturated rings. The van der Waals surface area contributed by atoms with Gasteiger partial charge < -0.3 is 15.2 Å². The van der Waals surface area contributed by atoms with E-state index in [9.17, 15) is 41.5 Å². The molecule has 4 rings (SSSR count). The summed E-state index contributed by atoms with van der Waals surface area (Å²) in [7, 11) is 0. The number of anilines is 1. The van der Waals surface area contributed by atoms with Gasteiger partial charge in [0.15, 0.2) is 0 Å². The summed E-state index contributed by atoms with van der Waals surface area (Å²) >= 11 is 0. The number of carbonyl (C=O) groups excluding carboxylic acids is 1. The van der Waals surface area contributed by atoms with Crippen molar-refractivity contribution < 1.29 is 41.0 Å². The number of rotatable bonds is 3. The number of nitrogens with one attached hydrogen (secondary N) is 1. The van der Waals surface area contributed by atoms with Gasteiger partial charge in [-0.1, -0.05) is 18.2 Å². The van der Waals surface area contributed by atoms with E-state index in [1.165, 1.54) is 12.1 Å². The molecule has 174 valence electrons. The summed E-state index contributed by atoms with van der Waals surface area (Å²) in [6, 6.07) is 8.23. The number of alkyl halides is 6. The predicted molar refractivity (Wildman–Crippen MR) is 102 cm³/mol. The lowest BCUT2D eigenvalue weighted by Crippen LogP contribution is -2.41. The fourth-order valence-electron chi connectivity index (χ4n) is 4.50. The van der Waals surface area contributed by atoms with E-state index in [1.807, 2.05) is 0 Å². The summed E-state index contributed by atoms with van der Waals surface area (Å²) in [5, 5.41) is 21.8. The average molecular weight is 470 g/mol.